The summed E-state index contributed by atoms with van der Waals surface area (Å²) < 4.78 is 0. The third kappa shape index (κ3) is 5.86. The van der Waals surface area contributed by atoms with Gasteiger partial charge in [0, 0.05) is 6.42 Å². The second kappa shape index (κ2) is 6.19. The van der Waals surface area contributed by atoms with E-state index in [0.717, 1.165) is 6.08 Å². The van der Waals surface area contributed by atoms with E-state index < -0.39 is 12.1 Å². The fourth-order valence-corrected chi connectivity index (χ4v) is 0.610. The van der Waals surface area contributed by atoms with Gasteiger partial charge in [0.15, 0.2) is 0 Å². The van der Waals surface area contributed by atoms with E-state index in [4.69, 9.17) is 5.11 Å². The van der Waals surface area contributed by atoms with Gasteiger partial charge in [-0.2, -0.15) is 0 Å². The number of hydrogen-bond donors (Lipinski definition) is 3. The number of aliphatic hydroxyl groups excluding tert-OH is 1. The molecular formula is C8H14N2O3. The zero-order valence-corrected chi connectivity index (χ0v) is 7.54. The van der Waals surface area contributed by atoms with Crippen molar-refractivity contribution in [2.75, 3.05) is 6.54 Å². The molecule has 0 aromatic carbocycles. The first-order chi connectivity index (χ1) is 6.10. The molecule has 0 rings (SSSR count). The van der Waals surface area contributed by atoms with Crippen molar-refractivity contribution in [2.45, 2.75) is 19.6 Å². The fraction of sp³-hybridized carbons (Fsp3) is 0.500. The zero-order valence-electron chi connectivity index (χ0n) is 7.54. The van der Waals surface area contributed by atoms with Crippen molar-refractivity contribution < 1.29 is 14.7 Å². The molecule has 1 unspecified atom stereocenters. The SMILES string of the molecule is C=CC(=O)NC(O)CNC(=O)CC. The van der Waals surface area contributed by atoms with Crippen LogP contribution >= 0.6 is 0 Å². The lowest BCUT2D eigenvalue weighted by molar-refractivity contribution is -0.123. The minimum Gasteiger partial charge on any atom is -0.372 e. The quantitative estimate of drug-likeness (QED) is 0.386. The van der Waals surface area contributed by atoms with Gasteiger partial charge in [-0.15, -0.1) is 0 Å². The number of nitrogens with one attached hydrogen (secondary N) is 2. The lowest BCUT2D eigenvalue weighted by Crippen LogP contribution is -2.42. The van der Waals surface area contributed by atoms with Gasteiger partial charge in [-0.25, -0.2) is 0 Å². The fourth-order valence-electron chi connectivity index (χ4n) is 0.610. The molecule has 0 aliphatic heterocycles. The van der Waals surface area contributed by atoms with Gasteiger partial charge < -0.3 is 15.7 Å². The highest BCUT2D eigenvalue weighted by molar-refractivity contribution is 5.87. The van der Waals surface area contributed by atoms with Gasteiger partial charge in [0.05, 0.1) is 6.54 Å². The van der Waals surface area contributed by atoms with Crippen molar-refractivity contribution >= 4 is 11.8 Å². The Morgan fingerprint density at radius 3 is 2.69 bits per heavy atom. The monoisotopic (exact) mass is 186 g/mol. The van der Waals surface area contributed by atoms with Crippen LogP contribution in [0.4, 0.5) is 0 Å². The summed E-state index contributed by atoms with van der Waals surface area (Å²) in [6.45, 7) is 4.92. The van der Waals surface area contributed by atoms with Crippen LogP contribution in [-0.2, 0) is 9.59 Å². The summed E-state index contributed by atoms with van der Waals surface area (Å²) in [5, 5.41) is 13.7. The van der Waals surface area contributed by atoms with E-state index in [1.165, 1.54) is 0 Å². The molecule has 5 nitrogen and oxygen atoms in total. The summed E-state index contributed by atoms with van der Waals surface area (Å²) in [6.07, 6.45) is 0.327. The zero-order chi connectivity index (χ0) is 10.3. The summed E-state index contributed by atoms with van der Waals surface area (Å²) in [6, 6.07) is 0. The molecule has 0 aliphatic rings. The Morgan fingerprint density at radius 1 is 1.62 bits per heavy atom. The van der Waals surface area contributed by atoms with Gasteiger partial charge in [0.25, 0.3) is 0 Å². The molecule has 1 atom stereocenters. The molecule has 13 heavy (non-hydrogen) atoms. The van der Waals surface area contributed by atoms with Gasteiger partial charge in [-0.05, 0) is 6.08 Å². The maximum atomic E-state index is 10.7. The molecule has 2 amide bonds. The molecule has 0 spiro atoms. The van der Waals surface area contributed by atoms with Crippen LogP contribution in [-0.4, -0.2) is 29.7 Å². The van der Waals surface area contributed by atoms with Gasteiger partial charge in [0.1, 0.15) is 6.23 Å². The molecule has 0 aromatic rings. The van der Waals surface area contributed by atoms with Gasteiger partial charge in [-0.3, -0.25) is 9.59 Å². The molecule has 0 saturated heterocycles. The summed E-state index contributed by atoms with van der Waals surface area (Å²) in [5.74, 6) is -0.648. The highest BCUT2D eigenvalue weighted by Crippen LogP contribution is 1.79. The molecule has 3 N–H and O–H groups in total. The maximum Gasteiger partial charge on any atom is 0.245 e. The number of amides is 2. The molecule has 0 radical (unpaired) electrons. The third-order valence-electron chi connectivity index (χ3n) is 1.31. The van der Waals surface area contributed by atoms with Gasteiger partial charge in [-0.1, -0.05) is 13.5 Å². The second-order valence-corrected chi connectivity index (χ2v) is 2.39. The van der Waals surface area contributed by atoms with Crippen LogP contribution in [0.25, 0.3) is 0 Å². The number of carbonyl (C=O) groups is 2. The van der Waals surface area contributed by atoms with Crippen molar-refractivity contribution in [1.29, 1.82) is 0 Å². The first-order valence-electron chi connectivity index (χ1n) is 3.97. The van der Waals surface area contributed by atoms with Crippen LogP contribution in [0.5, 0.6) is 0 Å². The minimum atomic E-state index is -1.07. The van der Waals surface area contributed by atoms with Crippen molar-refractivity contribution in [3.05, 3.63) is 12.7 Å². The molecular weight excluding hydrogens is 172 g/mol. The van der Waals surface area contributed by atoms with Crippen molar-refractivity contribution in [3.63, 3.8) is 0 Å². The Bertz CT molecular complexity index is 204. The third-order valence-corrected chi connectivity index (χ3v) is 1.31. The summed E-state index contributed by atoms with van der Waals surface area (Å²) in [7, 11) is 0. The number of hydrogen-bond acceptors (Lipinski definition) is 3. The van der Waals surface area contributed by atoms with Crippen molar-refractivity contribution in [1.82, 2.24) is 10.6 Å². The molecule has 5 heteroatoms. The van der Waals surface area contributed by atoms with Crippen LogP contribution in [0.15, 0.2) is 12.7 Å². The van der Waals surface area contributed by atoms with E-state index in [0.29, 0.717) is 6.42 Å². The van der Waals surface area contributed by atoms with Crippen molar-refractivity contribution in [3.8, 4) is 0 Å². The van der Waals surface area contributed by atoms with Crippen LogP contribution in [0.2, 0.25) is 0 Å². The van der Waals surface area contributed by atoms with E-state index in [1.54, 1.807) is 6.92 Å². The van der Waals surface area contributed by atoms with Crippen LogP contribution < -0.4 is 10.6 Å². The summed E-state index contributed by atoms with van der Waals surface area (Å²) in [5.41, 5.74) is 0. The number of carbonyl (C=O) groups excluding carboxylic acids is 2. The smallest absolute Gasteiger partial charge is 0.245 e. The van der Waals surface area contributed by atoms with E-state index in [-0.39, 0.29) is 12.5 Å². The lowest BCUT2D eigenvalue weighted by atomic mass is 10.4. The van der Waals surface area contributed by atoms with E-state index in [1.807, 2.05) is 0 Å². The average molecular weight is 186 g/mol. The molecule has 0 saturated carbocycles. The Labute approximate surface area is 76.8 Å². The number of aliphatic hydroxyl groups is 1. The van der Waals surface area contributed by atoms with E-state index in [2.05, 4.69) is 17.2 Å². The largest absolute Gasteiger partial charge is 0.372 e. The molecule has 0 heterocycles. The van der Waals surface area contributed by atoms with E-state index >= 15 is 0 Å². The normalized spacial score (nSPS) is 11.5. The summed E-state index contributed by atoms with van der Waals surface area (Å²) in [4.78, 5) is 21.4. The minimum absolute atomic E-state index is 0.00620. The molecule has 74 valence electrons. The highest BCUT2D eigenvalue weighted by atomic mass is 16.3. The number of rotatable bonds is 5. The lowest BCUT2D eigenvalue weighted by Gasteiger charge is -2.11. The second-order valence-electron chi connectivity index (χ2n) is 2.39. The first-order valence-corrected chi connectivity index (χ1v) is 3.97. The van der Waals surface area contributed by atoms with Crippen molar-refractivity contribution in [2.24, 2.45) is 0 Å². The molecule has 0 fully saturated rings. The Morgan fingerprint density at radius 2 is 2.23 bits per heavy atom. The molecule has 0 bridgehead atoms. The Kier molecular flexibility index (Phi) is 5.54. The van der Waals surface area contributed by atoms with Crippen LogP contribution in [0.3, 0.4) is 0 Å². The van der Waals surface area contributed by atoms with Crippen LogP contribution in [0.1, 0.15) is 13.3 Å². The van der Waals surface area contributed by atoms with Crippen LogP contribution in [0, 0.1) is 0 Å². The molecule has 0 aliphatic carbocycles. The summed E-state index contributed by atoms with van der Waals surface area (Å²) >= 11 is 0. The van der Waals surface area contributed by atoms with E-state index in [9.17, 15) is 9.59 Å². The average Bonchev–Trinajstić information content (AvgIpc) is 2.13. The van der Waals surface area contributed by atoms with Gasteiger partial charge >= 0.3 is 0 Å². The molecule has 0 aromatic heterocycles. The highest BCUT2D eigenvalue weighted by Gasteiger charge is 2.06. The maximum absolute atomic E-state index is 10.7. The predicted octanol–water partition coefficient (Wildman–Crippen LogP) is -0.867. The standard InChI is InChI=1S/C8H14N2O3/c1-3-6(11)9-5-8(13)10-7(12)4-2/h4,8,13H,2-3,5H2,1H3,(H,9,11)(H,10,12). The Balaban J connectivity index is 3.62. The predicted molar refractivity (Wildman–Crippen MR) is 47.6 cm³/mol. The topological polar surface area (TPSA) is 78.4 Å². The first kappa shape index (κ1) is 11.6. The Hall–Kier alpha value is -1.36. The van der Waals surface area contributed by atoms with Gasteiger partial charge in [0.2, 0.25) is 11.8 Å².